The summed E-state index contributed by atoms with van der Waals surface area (Å²) in [5.41, 5.74) is 1.12. The Labute approximate surface area is 136 Å². The maximum atomic E-state index is 12.4. The second-order valence-electron chi connectivity index (χ2n) is 4.87. The van der Waals surface area contributed by atoms with E-state index in [-0.39, 0.29) is 23.5 Å². The molecule has 1 aromatic heterocycles. The molecule has 1 aliphatic heterocycles. The van der Waals surface area contributed by atoms with Crippen LogP contribution in [0.3, 0.4) is 0 Å². The van der Waals surface area contributed by atoms with E-state index in [4.69, 9.17) is 0 Å². The third-order valence-corrected chi connectivity index (χ3v) is 4.31. The predicted octanol–water partition coefficient (Wildman–Crippen LogP) is 2.68. The number of hydrogen-bond donors (Lipinski definition) is 1. The first-order valence-electron chi connectivity index (χ1n) is 6.94. The molecule has 1 N–H and O–H groups in total. The number of pyridine rings is 1. The summed E-state index contributed by atoms with van der Waals surface area (Å²) < 4.78 is 0. The van der Waals surface area contributed by atoms with Gasteiger partial charge in [0.2, 0.25) is 11.8 Å². The highest BCUT2D eigenvalue weighted by Crippen LogP contribution is 2.33. The van der Waals surface area contributed by atoms with Gasteiger partial charge in [-0.2, -0.15) is 0 Å². The molecule has 0 spiro atoms. The Morgan fingerprint density at radius 3 is 2.52 bits per heavy atom. The van der Waals surface area contributed by atoms with Gasteiger partial charge < -0.3 is 5.32 Å². The average molecular weight is 327 g/mol. The largest absolute Gasteiger partial charge is 0.326 e. The van der Waals surface area contributed by atoms with Gasteiger partial charge in [-0.05, 0) is 36.0 Å². The SMILES string of the molecule is O=C(C[C@H]1SC(=O)N(c2ccccc2)C1=O)Nc1ccncc1. The van der Waals surface area contributed by atoms with Crippen LogP contribution in [0.1, 0.15) is 6.42 Å². The Bertz CT molecular complexity index is 737. The lowest BCUT2D eigenvalue weighted by atomic mass is 10.2. The number of imide groups is 1. The van der Waals surface area contributed by atoms with Gasteiger partial charge in [0.05, 0.1) is 5.69 Å². The average Bonchev–Trinajstić information content (AvgIpc) is 2.83. The van der Waals surface area contributed by atoms with Gasteiger partial charge in [0.25, 0.3) is 5.24 Å². The predicted molar refractivity (Wildman–Crippen MR) is 88.2 cm³/mol. The molecule has 0 saturated carbocycles. The Hall–Kier alpha value is -2.67. The number of thioether (sulfide) groups is 1. The van der Waals surface area contributed by atoms with Gasteiger partial charge in [0.15, 0.2) is 0 Å². The van der Waals surface area contributed by atoms with E-state index in [0.29, 0.717) is 11.4 Å². The number of anilines is 2. The van der Waals surface area contributed by atoms with Crippen molar-refractivity contribution in [2.75, 3.05) is 10.2 Å². The Morgan fingerprint density at radius 1 is 1.13 bits per heavy atom. The first-order chi connectivity index (χ1) is 11.1. The van der Waals surface area contributed by atoms with Crippen LogP contribution in [0.2, 0.25) is 0 Å². The second kappa shape index (κ2) is 6.62. The normalized spacial score (nSPS) is 17.4. The van der Waals surface area contributed by atoms with Crippen LogP contribution < -0.4 is 10.2 Å². The molecule has 1 aliphatic rings. The lowest BCUT2D eigenvalue weighted by Crippen LogP contribution is -2.32. The highest BCUT2D eigenvalue weighted by Gasteiger charge is 2.41. The summed E-state index contributed by atoms with van der Waals surface area (Å²) in [5.74, 6) is -0.680. The first-order valence-corrected chi connectivity index (χ1v) is 7.82. The fourth-order valence-electron chi connectivity index (χ4n) is 2.21. The van der Waals surface area contributed by atoms with Crippen LogP contribution >= 0.6 is 11.8 Å². The van der Waals surface area contributed by atoms with E-state index >= 15 is 0 Å². The second-order valence-corrected chi connectivity index (χ2v) is 6.02. The van der Waals surface area contributed by atoms with Crippen molar-refractivity contribution in [3.8, 4) is 0 Å². The number of hydrogen-bond acceptors (Lipinski definition) is 5. The number of carbonyl (C=O) groups excluding carboxylic acids is 3. The molecule has 7 heteroatoms. The summed E-state index contributed by atoms with van der Waals surface area (Å²) >= 11 is 0.880. The minimum absolute atomic E-state index is 0.0547. The van der Waals surface area contributed by atoms with Gasteiger partial charge in [-0.15, -0.1) is 0 Å². The molecule has 23 heavy (non-hydrogen) atoms. The molecule has 2 aromatic rings. The van der Waals surface area contributed by atoms with E-state index in [1.54, 1.807) is 54.9 Å². The molecule has 1 saturated heterocycles. The number of amides is 3. The molecule has 2 heterocycles. The highest BCUT2D eigenvalue weighted by molar-refractivity contribution is 8.15. The van der Waals surface area contributed by atoms with E-state index in [0.717, 1.165) is 16.7 Å². The van der Waals surface area contributed by atoms with Crippen molar-refractivity contribution in [2.45, 2.75) is 11.7 Å². The van der Waals surface area contributed by atoms with Crippen LogP contribution in [0, 0.1) is 0 Å². The fraction of sp³-hybridized carbons (Fsp3) is 0.125. The molecule has 6 nitrogen and oxygen atoms in total. The van der Waals surface area contributed by atoms with Crippen molar-refractivity contribution in [3.63, 3.8) is 0 Å². The standard InChI is InChI=1S/C16H13N3O3S/c20-14(18-11-6-8-17-9-7-11)10-13-15(21)19(16(22)23-13)12-4-2-1-3-5-12/h1-9,13H,10H2,(H,17,18,20)/t13-/m1/s1. The zero-order chi connectivity index (χ0) is 16.2. The van der Waals surface area contributed by atoms with E-state index in [9.17, 15) is 14.4 Å². The maximum absolute atomic E-state index is 12.4. The number of nitrogens with one attached hydrogen (secondary N) is 1. The third-order valence-electron chi connectivity index (χ3n) is 3.27. The van der Waals surface area contributed by atoms with Crippen LogP contribution in [-0.2, 0) is 9.59 Å². The molecule has 1 aromatic carbocycles. The minimum Gasteiger partial charge on any atom is -0.326 e. The van der Waals surface area contributed by atoms with E-state index in [2.05, 4.69) is 10.3 Å². The Morgan fingerprint density at radius 2 is 1.83 bits per heavy atom. The van der Waals surface area contributed by atoms with Gasteiger partial charge in [-0.1, -0.05) is 18.2 Å². The molecule has 1 atom stereocenters. The molecule has 116 valence electrons. The van der Waals surface area contributed by atoms with Crippen molar-refractivity contribution in [3.05, 3.63) is 54.9 Å². The number of benzene rings is 1. The molecule has 3 rings (SSSR count). The maximum Gasteiger partial charge on any atom is 0.293 e. The van der Waals surface area contributed by atoms with Crippen molar-refractivity contribution in [2.24, 2.45) is 0 Å². The minimum atomic E-state index is -0.704. The first kappa shape index (κ1) is 15.2. The summed E-state index contributed by atoms with van der Waals surface area (Å²) in [6.07, 6.45) is 3.07. The fourth-order valence-corrected chi connectivity index (χ4v) is 3.20. The van der Waals surface area contributed by atoms with Crippen LogP contribution in [0.4, 0.5) is 16.2 Å². The lowest BCUT2D eigenvalue weighted by Gasteiger charge is -2.13. The molecule has 0 bridgehead atoms. The summed E-state index contributed by atoms with van der Waals surface area (Å²) in [7, 11) is 0. The number of aromatic nitrogens is 1. The monoisotopic (exact) mass is 327 g/mol. The van der Waals surface area contributed by atoms with E-state index in [1.807, 2.05) is 0 Å². The number of para-hydroxylation sites is 1. The van der Waals surface area contributed by atoms with Crippen LogP contribution in [-0.4, -0.2) is 27.3 Å². The number of rotatable bonds is 4. The molecule has 0 unspecified atom stereocenters. The molecular formula is C16H13N3O3S. The lowest BCUT2D eigenvalue weighted by molar-refractivity contribution is -0.121. The van der Waals surface area contributed by atoms with Crippen molar-refractivity contribution in [1.82, 2.24) is 4.98 Å². The van der Waals surface area contributed by atoms with E-state index < -0.39 is 5.25 Å². The van der Waals surface area contributed by atoms with Gasteiger partial charge in [-0.25, -0.2) is 4.90 Å². The number of carbonyl (C=O) groups is 3. The van der Waals surface area contributed by atoms with Crippen LogP contribution in [0.5, 0.6) is 0 Å². The zero-order valence-corrected chi connectivity index (χ0v) is 12.8. The molecule has 0 aliphatic carbocycles. The Kier molecular flexibility index (Phi) is 4.38. The van der Waals surface area contributed by atoms with E-state index in [1.165, 1.54) is 0 Å². The summed E-state index contributed by atoms with van der Waals surface area (Å²) in [6, 6.07) is 12.0. The van der Waals surface area contributed by atoms with Crippen molar-refractivity contribution in [1.29, 1.82) is 0 Å². The number of nitrogens with zero attached hydrogens (tertiary/aromatic N) is 2. The summed E-state index contributed by atoms with van der Waals surface area (Å²) in [4.78, 5) is 41.5. The van der Waals surface area contributed by atoms with Crippen molar-refractivity contribution >= 4 is 40.2 Å². The molecule has 1 fully saturated rings. The molecular weight excluding hydrogens is 314 g/mol. The molecule has 3 amide bonds. The summed E-state index contributed by atoms with van der Waals surface area (Å²) in [6.45, 7) is 0. The smallest absolute Gasteiger partial charge is 0.293 e. The quantitative estimate of drug-likeness (QED) is 0.934. The Balaban J connectivity index is 1.67. The van der Waals surface area contributed by atoms with Gasteiger partial charge in [-0.3, -0.25) is 19.4 Å². The third kappa shape index (κ3) is 3.40. The topological polar surface area (TPSA) is 79.4 Å². The molecule has 0 radical (unpaired) electrons. The van der Waals surface area contributed by atoms with Gasteiger partial charge in [0, 0.05) is 24.5 Å². The summed E-state index contributed by atoms with van der Waals surface area (Å²) in [5, 5.41) is 1.62. The van der Waals surface area contributed by atoms with Gasteiger partial charge in [0.1, 0.15) is 5.25 Å². The van der Waals surface area contributed by atoms with Gasteiger partial charge >= 0.3 is 0 Å². The van der Waals surface area contributed by atoms with Crippen molar-refractivity contribution < 1.29 is 14.4 Å². The van der Waals surface area contributed by atoms with Crippen LogP contribution in [0.15, 0.2) is 54.9 Å². The highest BCUT2D eigenvalue weighted by atomic mass is 32.2. The zero-order valence-electron chi connectivity index (χ0n) is 12.0. The van der Waals surface area contributed by atoms with Crippen LogP contribution in [0.25, 0.3) is 0 Å².